The quantitative estimate of drug-likeness (QED) is 0.446. The minimum absolute atomic E-state index is 0.270. The summed E-state index contributed by atoms with van der Waals surface area (Å²) in [5.74, 6) is -0.267. The summed E-state index contributed by atoms with van der Waals surface area (Å²) in [6.07, 6.45) is 0. The Bertz CT molecular complexity index is 387. The molecule has 68 valence electrons. The third kappa shape index (κ3) is 1.10. The van der Waals surface area contributed by atoms with E-state index in [9.17, 15) is 5.11 Å². The summed E-state index contributed by atoms with van der Waals surface area (Å²) in [6.45, 7) is 0. The molecule has 0 radical (unpaired) electrons. The van der Waals surface area contributed by atoms with Crippen LogP contribution in [0.1, 0.15) is 5.56 Å². The summed E-state index contributed by atoms with van der Waals surface area (Å²) >= 11 is 0. The number of fused-ring (bicyclic) bond motifs is 1. The molecule has 0 aromatic heterocycles. The lowest BCUT2D eigenvalue weighted by Crippen LogP contribution is -2.23. The molecule has 0 spiro atoms. The maximum absolute atomic E-state index is 9.39. The van der Waals surface area contributed by atoms with E-state index >= 15 is 0 Å². The molecule has 1 heterocycles. The van der Waals surface area contributed by atoms with Crippen molar-refractivity contribution in [3.05, 3.63) is 29.6 Å². The average molecular weight is 180 g/mol. The number of aliphatic hydroxyl groups is 2. The van der Waals surface area contributed by atoms with E-state index in [1.807, 2.05) is 0 Å². The summed E-state index contributed by atoms with van der Waals surface area (Å²) < 4.78 is 0. The molecule has 2 rings (SSSR count). The minimum Gasteiger partial charge on any atom is -0.503 e. The summed E-state index contributed by atoms with van der Waals surface area (Å²) in [4.78, 5) is 4.89. The molecule has 1 aliphatic rings. The molecule has 0 aliphatic carbocycles. The van der Waals surface area contributed by atoms with Gasteiger partial charge >= 0.3 is 0 Å². The van der Waals surface area contributed by atoms with Gasteiger partial charge in [0.2, 0.25) is 0 Å². The van der Waals surface area contributed by atoms with E-state index < -0.39 is 5.88 Å². The molecule has 5 N–H and O–H groups in total. The number of nitrogens with two attached hydrogens (primary N) is 1. The number of aliphatic hydroxyl groups excluding tert-OH is 2. The first-order valence-corrected chi connectivity index (χ1v) is 3.63. The Morgan fingerprint density at radius 1 is 1.31 bits per heavy atom. The normalized spacial score (nSPS) is 14.5. The van der Waals surface area contributed by atoms with Gasteiger partial charge in [0.05, 0.1) is 5.56 Å². The molecule has 0 saturated heterocycles. The molecule has 5 heteroatoms. The van der Waals surface area contributed by atoms with Crippen LogP contribution in [-0.4, -0.2) is 10.2 Å². The van der Waals surface area contributed by atoms with E-state index in [0.29, 0.717) is 17.0 Å². The van der Waals surface area contributed by atoms with Crippen LogP contribution in [0.25, 0.3) is 5.76 Å². The number of rotatable bonds is 0. The Morgan fingerprint density at radius 2 is 2.08 bits per heavy atom. The van der Waals surface area contributed by atoms with Crippen LogP contribution in [-0.2, 0) is 0 Å². The molecule has 1 aromatic carbocycles. The van der Waals surface area contributed by atoms with Gasteiger partial charge in [-0.15, -0.1) is 0 Å². The molecule has 1 aromatic rings. The fourth-order valence-electron chi connectivity index (χ4n) is 1.10. The third-order valence-electron chi connectivity index (χ3n) is 1.74. The van der Waals surface area contributed by atoms with Crippen molar-refractivity contribution in [1.29, 1.82) is 0 Å². The zero-order valence-corrected chi connectivity index (χ0v) is 6.61. The molecule has 0 unspecified atom stereocenters. The maximum atomic E-state index is 9.39. The largest absolute Gasteiger partial charge is 0.503 e. The molecule has 5 nitrogen and oxygen atoms in total. The topological polar surface area (TPSA) is 87.7 Å². The second kappa shape index (κ2) is 2.48. The van der Waals surface area contributed by atoms with E-state index in [4.69, 9.17) is 15.7 Å². The molecule has 0 saturated carbocycles. The highest BCUT2D eigenvalue weighted by Gasteiger charge is 2.19. The van der Waals surface area contributed by atoms with E-state index in [0.717, 1.165) is 0 Å². The fourth-order valence-corrected chi connectivity index (χ4v) is 1.10. The number of hydrogen-bond donors (Lipinski definition) is 4. The van der Waals surface area contributed by atoms with Gasteiger partial charge in [-0.1, -0.05) is 0 Å². The van der Waals surface area contributed by atoms with Crippen LogP contribution in [0.4, 0.5) is 5.69 Å². The molecule has 0 bridgehead atoms. The van der Waals surface area contributed by atoms with Gasteiger partial charge in [-0.2, -0.15) is 5.48 Å². The zero-order valence-electron chi connectivity index (χ0n) is 6.61. The molecular weight excluding hydrogens is 172 g/mol. The lowest BCUT2D eigenvalue weighted by molar-refractivity contribution is 0.150. The molecule has 13 heavy (non-hydrogen) atoms. The average Bonchev–Trinajstić information content (AvgIpc) is 2.12. The summed E-state index contributed by atoms with van der Waals surface area (Å²) in [5, 5.41) is 18.5. The van der Waals surface area contributed by atoms with Crippen molar-refractivity contribution in [3.8, 4) is 5.75 Å². The van der Waals surface area contributed by atoms with Crippen LogP contribution < -0.4 is 16.1 Å². The van der Waals surface area contributed by atoms with Gasteiger partial charge in [0.1, 0.15) is 0 Å². The molecule has 1 aliphatic heterocycles. The predicted molar refractivity (Wildman–Crippen MR) is 46.8 cm³/mol. The molecule has 0 atom stereocenters. The first-order chi connectivity index (χ1) is 6.18. The van der Waals surface area contributed by atoms with Gasteiger partial charge in [0.25, 0.3) is 5.88 Å². The van der Waals surface area contributed by atoms with Crippen molar-refractivity contribution in [1.82, 2.24) is 5.48 Å². The lowest BCUT2D eigenvalue weighted by atomic mass is 10.1. The minimum atomic E-state index is -0.418. The summed E-state index contributed by atoms with van der Waals surface area (Å²) in [6, 6.07) is 4.75. The second-order valence-electron chi connectivity index (χ2n) is 2.66. The Balaban J connectivity index is 2.60. The highest BCUT2D eigenvalue weighted by molar-refractivity contribution is 5.70. The van der Waals surface area contributed by atoms with E-state index in [1.54, 1.807) is 12.1 Å². The van der Waals surface area contributed by atoms with Gasteiger partial charge in [0.15, 0.2) is 11.5 Å². The van der Waals surface area contributed by atoms with Crippen molar-refractivity contribution in [3.63, 3.8) is 0 Å². The lowest BCUT2D eigenvalue weighted by Gasteiger charge is -2.17. The first-order valence-electron chi connectivity index (χ1n) is 3.63. The van der Waals surface area contributed by atoms with Crippen LogP contribution in [0.3, 0.4) is 0 Å². The Labute approximate surface area is 74.0 Å². The van der Waals surface area contributed by atoms with Crippen LogP contribution in [0, 0.1) is 0 Å². The van der Waals surface area contributed by atoms with Crippen molar-refractivity contribution in [2.45, 2.75) is 0 Å². The first kappa shape index (κ1) is 7.60. The van der Waals surface area contributed by atoms with Crippen LogP contribution in [0.5, 0.6) is 5.75 Å². The standard InChI is InChI=1S/C8H8N2O3/c9-4-1-2-6-5(3-4)7(11)8(12)10-13-6/h1-3,10-12H,9H2. The third-order valence-corrected chi connectivity index (χ3v) is 1.74. The molecular formula is C8H8N2O3. The zero-order chi connectivity index (χ0) is 9.42. The predicted octanol–water partition coefficient (Wildman–Crippen LogP) is 0.908. The number of hydrogen-bond acceptors (Lipinski definition) is 5. The monoisotopic (exact) mass is 180 g/mol. The van der Waals surface area contributed by atoms with E-state index in [2.05, 4.69) is 5.48 Å². The number of hydroxylamine groups is 1. The summed E-state index contributed by atoms with van der Waals surface area (Å²) in [5.41, 5.74) is 8.51. The van der Waals surface area contributed by atoms with Crippen LogP contribution in [0.2, 0.25) is 0 Å². The van der Waals surface area contributed by atoms with Gasteiger partial charge in [-0.05, 0) is 18.2 Å². The van der Waals surface area contributed by atoms with Crippen molar-refractivity contribution >= 4 is 11.4 Å². The molecule has 0 amide bonds. The van der Waals surface area contributed by atoms with Crippen LogP contribution >= 0.6 is 0 Å². The van der Waals surface area contributed by atoms with Gasteiger partial charge in [0, 0.05) is 5.69 Å². The highest BCUT2D eigenvalue weighted by Crippen LogP contribution is 2.30. The SMILES string of the molecule is Nc1ccc2c(c1)C(O)=C(O)NO2. The number of anilines is 1. The number of nitrogens with one attached hydrogen (secondary N) is 1. The van der Waals surface area contributed by atoms with Crippen molar-refractivity contribution in [2.75, 3.05) is 5.73 Å². The van der Waals surface area contributed by atoms with Gasteiger partial charge in [-0.25, -0.2) is 0 Å². The smallest absolute Gasteiger partial charge is 0.262 e. The fraction of sp³-hybridized carbons (Fsp3) is 0. The van der Waals surface area contributed by atoms with Gasteiger partial charge < -0.3 is 20.8 Å². The number of nitrogen functional groups attached to an aromatic ring is 1. The summed E-state index contributed by atoms with van der Waals surface area (Å²) in [7, 11) is 0. The van der Waals surface area contributed by atoms with Gasteiger partial charge in [-0.3, -0.25) is 0 Å². The Hall–Kier alpha value is -2.04. The van der Waals surface area contributed by atoms with E-state index in [-0.39, 0.29) is 5.76 Å². The Morgan fingerprint density at radius 3 is 2.85 bits per heavy atom. The van der Waals surface area contributed by atoms with Crippen molar-refractivity contribution in [2.24, 2.45) is 0 Å². The van der Waals surface area contributed by atoms with Crippen molar-refractivity contribution < 1.29 is 15.1 Å². The second-order valence-corrected chi connectivity index (χ2v) is 2.66. The number of benzene rings is 1. The molecule has 0 fully saturated rings. The Kier molecular flexibility index (Phi) is 1.45. The van der Waals surface area contributed by atoms with Crippen LogP contribution in [0.15, 0.2) is 24.1 Å². The highest BCUT2D eigenvalue weighted by atomic mass is 16.7. The van der Waals surface area contributed by atoms with E-state index in [1.165, 1.54) is 6.07 Å². The maximum Gasteiger partial charge on any atom is 0.262 e.